The second kappa shape index (κ2) is 7.91. The molecule has 0 amide bonds. The highest BCUT2D eigenvalue weighted by atomic mass is 16.7. The van der Waals surface area contributed by atoms with E-state index < -0.39 is 6.10 Å². The third-order valence-electron chi connectivity index (χ3n) is 4.49. The number of ether oxygens (including phenoxy) is 3. The van der Waals surface area contributed by atoms with Gasteiger partial charge in [0.1, 0.15) is 0 Å². The Labute approximate surface area is 150 Å². The van der Waals surface area contributed by atoms with E-state index in [1.807, 2.05) is 26.8 Å². The van der Waals surface area contributed by atoms with E-state index in [4.69, 9.17) is 14.2 Å². The highest BCUT2D eigenvalue weighted by Crippen LogP contribution is 2.32. The van der Waals surface area contributed by atoms with Crippen LogP contribution in [0.5, 0.6) is 11.5 Å². The Morgan fingerprint density at radius 3 is 2.48 bits per heavy atom. The average Bonchev–Trinajstić information content (AvgIpc) is 3.02. The third-order valence-corrected chi connectivity index (χ3v) is 4.49. The van der Waals surface area contributed by atoms with E-state index in [-0.39, 0.29) is 5.60 Å². The van der Waals surface area contributed by atoms with Gasteiger partial charge in [-0.1, -0.05) is 6.07 Å². The van der Waals surface area contributed by atoms with Crippen LogP contribution in [-0.4, -0.2) is 72.7 Å². The molecule has 0 aromatic heterocycles. The topological polar surface area (TPSA) is 54.4 Å². The number of aliphatic hydroxyl groups is 1. The van der Waals surface area contributed by atoms with E-state index in [1.54, 1.807) is 0 Å². The highest BCUT2D eigenvalue weighted by molar-refractivity contribution is 5.44. The Morgan fingerprint density at radius 1 is 1.08 bits per heavy atom. The Balaban J connectivity index is 1.40. The third kappa shape index (κ3) is 5.57. The lowest BCUT2D eigenvalue weighted by Gasteiger charge is -2.36. The van der Waals surface area contributed by atoms with Crippen molar-refractivity contribution in [3.63, 3.8) is 0 Å². The maximum atomic E-state index is 10.1. The maximum Gasteiger partial charge on any atom is 0.231 e. The van der Waals surface area contributed by atoms with Crippen molar-refractivity contribution in [2.45, 2.75) is 39.0 Å². The summed E-state index contributed by atoms with van der Waals surface area (Å²) in [7, 11) is 0. The van der Waals surface area contributed by atoms with Crippen molar-refractivity contribution < 1.29 is 19.3 Å². The first-order valence-corrected chi connectivity index (χ1v) is 9.04. The average molecular weight is 350 g/mol. The van der Waals surface area contributed by atoms with Crippen LogP contribution in [0, 0.1) is 0 Å². The number of hydrogen-bond acceptors (Lipinski definition) is 6. The minimum Gasteiger partial charge on any atom is -0.454 e. The molecule has 2 aliphatic rings. The van der Waals surface area contributed by atoms with Gasteiger partial charge >= 0.3 is 0 Å². The number of aliphatic hydroxyl groups excluding tert-OH is 1. The van der Waals surface area contributed by atoms with Crippen LogP contribution in [0.2, 0.25) is 0 Å². The molecular formula is C19H30N2O4. The number of fused-ring (bicyclic) bond motifs is 1. The smallest absolute Gasteiger partial charge is 0.231 e. The van der Waals surface area contributed by atoms with E-state index in [1.165, 1.54) is 5.56 Å². The number of benzene rings is 1. The molecule has 0 bridgehead atoms. The first-order chi connectivity index (χ1) is 11.9. The molecule has 1 atom stereocenters. The number of β-amino-alcohol motifs (C(OH)–C–C–N with tert-alkyl or cyclic N) is 1. The molecule has 1 fully saturated rings. The Bertz CT molecular complexity index is 565. The lowest BCUT2D eigenvalue weighted by atomic mass is 10.1. The quantitative estimate of drug-likeness (QED) is 0.843. The first-order valence-electron chi connectivity index (χ1n) is 9.04. The summed E-state index contributed by atoms with van der Waals surface area (Å²) in [4.78, 5) is 4.75. The van der Waals surface area contributed by atoms with Gasteiger partial charge in [-0.05, 0) is 38.5 Å². The van der Waals surface area contributed by atoms with Crippen LogP contribution in [0.1, 0.15) is 26.3 Å². The van der Waals surface area contributed by atoms with Gasteiger partial charge in [0.15, 0.2) is 11.5 Å². The molecule has 2 heterocycles. The van der Waals surface area contributed by atoms with E-state index in [9.17, 15) is 5.11 Å². The molecule has 0 spiro atoms. The molecule has 3 rings (SSSR count). The molecule has 0 radical (unpaired) electrons. The second-order valence-electron chi connectivity index (χ2n) is 7.84. The molecular weight excluding hydrogens is 320 g/mol. The molecule has 1 aromatic carbocycles. The molecule has 1 N–H and O–H groups in total. The lowest BCUT2D eigenvalue weighted by Crippen LogP contribution is -2.48. The summed E-state index contributed by atoms with van der Waals surface area (Å²) in [5, 5.41) is 10.1. The van der Waals surface area contributed by atoms with Crippen molar-refractivity contribution in [1.82, 2.24) is 9.80 Å². The van der Waals surface area contributed by atoms with Gasteiger partial charge in [-0.3, -0.25) is 9.80 Å². The SMILES string of the molecule is CC(C)(C)OC[C@@H](O)CN1CCN(Cc2ccc3c(c2)OCO3)CC1. The Morgan fingerprint density at radius 2 is 1.76 bits per heavy atom. The normalized spacial score (nSPS) is 20.0. The predicted molar refractivity (Wildman–Crippen MR) is 96.0 cm³/mol. The summed E-state index contributed by atoms with van der Waals surface area (Å²) >= 11 is 0. The minimum atomic E-state index is -0.431. The fourth-order valence-corrected chi connectivity index (χ4v) is 3.12. The summed E-state index contributed by atoms with van der Waals surface area (Å²) in [6.45, 7) is 12.3. The molecule has 6 heteroatoms. The molecule has 6 nitrogen and oxygen atoms in total. The van der Waals surface area contributed by atoms with Crippen LogP contribution >= 0.6 is 0 Å². The zero-order valence-corrected chi connectivity index (χ0v) is 15.5. The summed E-state index contributed by atoms with van der Waals surface area (Å²) in [5.74, 6) is 1.68. The van der Waals surface area contributed by atoms with Gasteiger partial charge in [0.05, 0.1) is 18.3 Å². The highest BCUT2D eigenvalue weighted by Gasteiger charge is 2.21. The van der Waals surface area contributed by atoms with Crippen LogP contribution in [-0.2, 0) is 11.3 Å². The molecule has 1 saturated heterocycles. The number of rotatable bonds is 6. The van der Waals surface area contributed by atoms with Crippen LogP contribution in [0.15, 0.2) is 18.2 Å². The second-order valence-corrected chi connectivity index (χ2v) is 7.84. The summed E-state index contributed by atoms with van der Waals surface area (Å²) in [5.41, 5.74) is 1.04. The largest absolute Gasteiger partial charge is 0.454 e. The number of piperazine rings is 1. The van der Waals surface area contributed by atoms with Gasteiger partial charge in [-0.15, -0.1) is 0 Å². The van der Waals surface area contributed by atoms with Crippen molar-refractivity contribution in [1.29, 1.82) is 0 Å². The lowest BCUT2D eigenvalue weighted by molar-refractivity contribution is -0.0587. The predicted octanol–water partition coefficient (Wildman–Crippen LogP) is 1.71. The summed E-state index contributed by atoms with van der Waals surface area (Å²) in [6.07, 6.45) is -0.431. The molecule has 0 aliphatic carbocycles. The molecule has 140 valence electrons. The van der Waals surface area contributed by atoms with Crippen molar-refractivity contribution in [3.05, 3.63) is 23.8 Å². The van der Waals surface area contributed by atoms with E-state index in [0.29, 0.717) is 19.9 Å². The van der Waals surface area contributed by atoms with Gasteiger partial charge in [-0.2, -0.15) is 0 Å². The molecule has 0 saturated carbocycles. The first kappa shape index (κ1) is 18.5. The summed E-state index contributed by atoms with van der Waals surface area (Å²) < 4.78 is 16.5. The Hall–Kier alpha value is -1.34. The van der Waals surface area contributed by atoms with Gasteiger partial charge < -0.3 is 19.3 Å². The monoisotopic (exact) mass is 350 g/mol. The maximum absolute atomic E-state index is 10.1. The van der Waals surface area contributed by atoms with Crippen molar-refractivity contribution in [3.8, 4) is 11.5 Å². The zero-order chi connectivity index (χ0) is 17.9. The fraction of sp³-hybridized carbons (Fsp3) is 0.684. The molecule has 0 unspecified atom stereocenters. The molecule has 25 heavy (non-hydrogen) atoms. The van der Waals surface area contributed by atoms with Crippen LogP contribution in [0.25, 0.3) is 0 Å². The van der Waals surface area contributed by atoms with E-state index in [0.717, 1.165) is 44.2 Å². The van der Waals surface area contributed by atoms with Gasteiger partial charge in [0, 0.05) is 39.3 Å². The zero-order valence-electron chi connectivity index (χ0n) is 15.5. The van der Waals surface area contributed by atoms with Crippen LogP contribution in [0.3, 0.4) is 0 Å². The van der Waals surface area contributed by atoms with Gasteiger partial charge in [0.25, 0.3) is 0 Å². The summed E-state index contributed by atoms with van der Waals surface area (Å²) in [6, 6.07) is 6.16. The van der Waals surface area contributed by atoms with Crippen molar-refractivity contribution in [2.24, 2.45) is 0 Å². The standard InChI is InChI=1S/C19H30N2O4/c1-19(2,3)25-13-16(22)12-21-8-6-20(7-9-21)11-15-4-5-17-18(10-15)24-14-23-17/h4-5,10,16,22H,6-9,11-14H2,1-3H3/t16-/m0/s1. The Kier molecular flexibility index (Phi) is 5.84. The van der Waals surface area contributed by atoms with Crippen LogP contribution < -0.4 is 9.47 Å². The fourth-order valence-electron chi connectivity index (χ4n) is 3.12. The van der Waals surface area contributed by atoms with E-state index >= 15 is 0 Å². The minimum absolute atomic E-state index is 0.204. The van der Waals surface area contributed by atoms with E-state index in [2.05, 4.69) is 21.9 Å². The van der Waals surface area contributed by atoms with Crippen LogP contribution in [0.4, 0.5) is 0 Å². The van der Waals surface area contributed by atoms with Crippen molar-refractivity contribution >= 4 is 0 Å². The number of nitrogens with zero attached hydrogens (tertiary/aromatic N) is 2. The van der Waals surface area contributed by atoms with Gasteiger partial charge in [0.2, 0.25) is 6.79 Å². The van der Waals surface area contributed by atoms with Gasteiger partial charge in [-0.25, -0.2) is 0 Å². The molecule has 1 aromatic rings. The van der Waals surface area contributed by atoms with Crippen molar-refractivity contribution in [2.75, 3.05) is 46.1 Å². The number of hydrogen-bond donors (Lipinski definition) is 1. The molecule has 2 aliphatic heterocycles.